The van der Waals surface area contributed by atoms with Crippen molar-refractivity contribution >= 4 is 39.1 Å². The lowest BCUT2D eigenvalue weighted by Crippen LogP contribution is -2.35. The van der Waals surface area contributed by atoms with Gasteiger partial charge in [-0.3, -0.25) is 19.1 Å². The number of carbonyl (C=O) groups excluding carboxylic acids is 3. The molecule has 2 rings (SSSR count). The van der Waals surface area contributed by atoms with Gasteiger partial charge >= 0.3 is 0 Å². The molecule has 3 amide bonds. The van der Waals surface area contributed by atoms with Crippen molar-refractivity contribution in [1.29, 1.82) is 0 Å². The highest BCUT2D eigenvalue weighted by molar-refractivity contribution is 7.92. The molecule has 0 aliphatic heterocycles. The normalized spacial score (nSPS) is 10.7. The van der Waals surface area contributed by atoms with Crippen LogP contribution in [-0.4, -0.2) is 45.5 Å². The molecule has 0 unspecified atom stereocenters. The predicted molar refractivity (Wildman–Crippen MR) is 115 cm³/mol. The minimum absolute atomic E-state index is 0.0438. The van der Waals surface area contributed by atoms with Crippen molar-refractivity contribution in [3.05, 3.63) is 59.7 Å². The summed E-state index contributed by atoms with van der Waals surface area (Å²) in [4.78, 5) is 35.7. The van der Waals surface area contributed by atoms with Crippen LogP contribution in [0.3, 0.4) is 0 Å². The van der Waals surface area contributed by atoms with E-state index in [1.165, 1.54) is 25.1 Å². The molecule has 0 spiro atoms. The van der Waals surface area contributed by atoms with Gasteiger partial charge in [0.2, 0.25) is 21.8 Å². The van der Waals surface area contributed by atoms with Crippen LogP contribution in [0.5, 0.6) is 0 Å². The largest absolute Gasteiger partial charge is 0.354 e. The van der Waals surface area contributed by atoms with E-state index in [1.807, 2.05) is 30.3 Å². The van der Waals surface area contributed by atoms with Crippen molar-refractivity contribution in [1.82, 2.24) is 10.6 Å². The minimum Gasteiger partial charge on any atom is -0.354 e. The third-order valence-electron chi connectivity index (χ3n) is 3.82. The van der Waals surface area contributed by atoms with Crippen LogP contribution in [0.2, 0.25) is 0 Å². The third kappa shape index (κ3) is 7.92. The van der Waals surface area contributed by atoms with Crippen LogP contribution in [0.1, 0.15) is 22.8 Å². The summed E-state index contributed by atoms with van der Waals surface area (Å²) in [6.45, 7) is 1.67. The summed E-state index contributed by atoms with van der Waals surface area (Å²) >= 11 is 0. The van der Waals surface area contributed by atoms with Crippen molar-refractivity contribution in [2.24, 2.45) is 0 Å². The molecule has 10 heteroatoms. The highest BCUT2D eigenvalue weighted by Gasteiger charge is 2.15. The smallest absolute Gasteiger partial charge is 0.253 e. The van der Waals surface area contributed by atoms with E-state index >= 15 is 0 Å². The molecule has 0 heterocycles. The number of anilines is 2. The van der Waals surface area contributed by atoms with E-state index in [0.29, 0.717) is 5.69 Å². The molecule has 0 aromatic heterocycles. The number of hydrogen-bond donors (Lipinski definition) is 4. The summed E-state index contributed by atoms with van der Waals surface area (Å²) in [7, 11) is -3.61. The van der Waals surface area contributed by atoms with Crippen molar-refractivity contribution in [3.8, 4) is 0 Å². The van der Waals surface area contributed by atoms with Crippen molar-refractivity contribution in [3.63, 3.8) is 0 Å². The van der Waals surface area contributed by atoms with Gasteiger partial charge in [0.1, 0.15) is 0 Å². The highest BCUT2D eigenvalue weighted by atomic mass is 32.2. The number of carbonyl (C=O) groups is 3. The fraction of sp³-hybridized carbons (Fsp3) is 0.250. The second-order valence-corrected chi connectivity index (χ2v) is 8.33. The first-order valence-corrected chi connectivity index (χ1v) is 11.0. The Bertz CT molecular complexity index is 1020. The van der Waals surface area contributed by atoms with Crippen LogP contribution in [-0.2, 0) is 26.0 Å². The molecule has 0 radical (unpaired) electrons. The lowest BCUT2D eigenvalue weighted by atomic mass is 10.1. The monoisotopic (exact) mass is 432 g/mol. The van der Waals surface area contributed by atoms with Gasteiger partial charge < -0.3 is 16.0 Å². The number of nitrogens with one attached hydrogen (secondary N) is 4. The molecule has 2 aromatic carbocycles. The van der Waals surface area contributed by atoms with E-state index in [2.05, 4.69) is 20.7 Å². The molecule has 0 atom stereocenters. The lowest BCUT2D eigenvalue weighted by molar-refractivity contribution is -0.120. The first-order chi connectivity index (χ1) is 14.1. The zero-order valence-electron chi connectivity index (χ0n) is 16.7. The Hall–Kier alpha value is -3.40. The van der Waals surface area contributed by atoms with Gasteiger partial charge in [-0.1, -0.05) is 30.3 Å². The van der Waals surface area contributed by atoms with Gasteiger partial charge in [-0.05, 0) is 23.8 Å². The summed E-state index contributed by atoms with van der Waals surface area (Å²) in [6.07, 6.45) is 1.20. The minimum atomic E-state index is -3.61. The van der Waals surface area contributed by atoms with Crippen molar-refractivity contribution in [2.45, 2.75) is 13.3 Å². The second kappa shape index (κ2) is 10.4. The molecule has 0 fully saturated rings. The highest BCUT2D eigenvalue weighted by Crippen LogP contribution is 2.21. The zero-order valence-corrected chi connectivity index (χ0v) is 17.5. The van der Waals surface area contributed by atoms with Gasteiger partial charge in [-0.25, -0.2) is 8.42 Å². The summed E-state index contributed by atoms with van der Waals surface area (Å²) < 4.78 is 25.4. The maximum Gasteiger partial charge on any atom is 0.253 e. The molecule has 0 bridgehead atoms. The molecular formula is C20H24N4O5S. The number of benzene rings is 2. The van der Waals surface area contributed by atoms with Gasteiger partial charge in [0.05, 0.1) is 23.9 Å². The first-order valence-electron chi connectivity index (χ1n) is 9.12. The van der Waals surface area contributed by atoms with E-state index in [1.54, 1.807) is 0 Å². The number of rotatable bonds is 9. The Morgan fingerprint density at radius 1 is 0.933 bits per heavy atom. The Kier molecular flexibility index (Phi) is 7.93. The van der Waals surface area contributed by atoms with Gasteiger partial charge in [0, 0.05) is 25.7 Å². The molecule has 2 aromatic rings. The number of amides is 3. The van der Waals surface area contributed by atoms with Gasteiger partial charge in [0.15, 0.2) is 0 Å². The maximum absolute atomic E-state index is 12.6. The number of sulfonamides is 1. The molecular weight excluding hydrogens is 408 g/mol. The van der Waals surface area contributed by atoms with E-state index in [0.717, 1.165) is 11.8 Å². The molecule has 4 N–H and O–H groups in total. The van der Waals surface area contributed by atoms with E-state index in [9.17, 15) is 22.8 Å². The van der Waals surface area contributed by atoms with Crippen LogP contribution < -0.4 is 20.7 Å². The van der Waals surface area contributed by atoms with Crippen LogP contribution in [0.25, 0.3) is 0 Å². The quantitative estimate of drug-likeness (QED) is 0.441. The summed E-state index contributed by atoms with van der Waals surface area (Å²) in [5.74, 6) is -1.06. The number of hydrogen-bond acceptors (Lipinski definition) is 5. The van der Waals surface area contributed by atoms with Crippen LogP contribution >= 0.6 is 0 Å². The Morgan fingerprint density at radius 2 is 1.60 bits per heavy atom. The summed E-state index contributed by atoms with van der Waals surface area (Å²) in [5.41, 5.74) is 1.35. The zero-order chi connectivity index (χ0) is 22.1. The summed E-state index contributed by atoms with van der Waals surface area (Å²) in [5, 5.41) is 7.87. The first kappa shape index (κ1) is 22.9. The average molecular weight is 433 g/mol. The molecule has 0 aliphatic rings. The van der Waals surface area contributed by atoms with Crippen molar-refractivity contribution in [2.75, 3.05) is 29.4 Å². The molecule has 30 heavy (non-hydrogen) atoms. The van der Waals surface area contributed by atoms with Crippen molar-refractivity contribution < 1.29 is 22.8 Å². The van der Waals surface area contributed by atoms with Crippen LogP contribution in [0, 0.1) is 0 Å². The fourth-order valence-corrected chi connectivity index (χ4v) is 3.20. The predicted octanol–water partition coefficient (Wildman–Crippen LogP) is 1.11. The third-order valence-corrected chi connectivity index (χ3v) is 4.41. The van der Waals surface area contributed by atoms with Crippen LogP contribution in [0.15, 0.2) is 48.5 Å². The fourth-order valence-electron chi connectivity index (χ4n) is 2.62. The van der Waals surface area contributed by atoms with E-state index < -0.39 is 15.9 Å². The molecule has 0 saturated carbocycles. The van der Waals surface area contributed by atoms with E-state index in [-0.39, 0.29) is 42.6 Å². The van der Waals surface area contributed by atoms with Gasteiger partial charge in [-0.2, -0.15) is 0 Å². The average Bonchev–Trinajstić information content (AvgIpc) is 2.65. The summed E-state index contributed by atoms with van der Waals surface area (Å²) in [6, 6.07) is 13.5. The molecule has 160 valence electrons. The molecule has 0 saturated heterocycles. The SMILES string of the molecule is CC(=O)Nc1ccc(NS(C)(=O)=O)c(C(=O)NCCNC(=O)Cc2ccccc2)c1. The topological polar surface area (TPSA) is 133 Å². The molecule has 0 aliphatic carbocycles. The second-order valence-electron chi connectivity index (χ2n) is 6.58. The van der Waals surface area contributed by atoms with Gasteiger partial charge in [-0.15, -0.1) is 0 Å². The Morgan fingerprint density at radius 3 is 2.23 bits per heavy atom. The Balaban J connectivity index is 1.96. The maximum atomic E-state index is 12.6. The lowest BCUT2D eigenvalue weighted by Gasteiger charge is -2.13. The van der Waals surface area contributed by atoms with Crippen LogP contribution in [0.4, 0.5) is 11.4 Å². The van der Waals surface area contributed by atoms with E-state index in [4.69, 9.17) is 0 Å². The van der Waals surface area contributed by atoms with Gasteiger partial charge in [0.25, 0.3) is 5.91 Å². The molecule has 9 nitrogen and oxygen atoms in total. The Labute approximate surface area is 175 Å². The standard InChI is InChI=1S/C20H24N4O5S/c1-14(25)23-16-8-9-18(24-30(2,28)29)17(13-16)20(27)22-11-10-21-19(26)12-15-6-4-3-5-7-15/h3-9,13,24H,10-12H2,1-2H3,(H,21,26)(H,22,27)(H,23,25).